The number of nitrogens with zero attached hydrogens (tertiary/aromatic N) is 3. The number of aromatic nitrogens is 2. The first-order valence-electron chi connectivity index (χ1n) is 8.09. The number of hydrogen-bond donors (Lipinski definition) is 1. The number of fused-ring (bicyclic) bond motifs is 1. The minimum Gasteiger partial charge on any atom is -0.481 e. The van der Waals surface area contributed by atoms with Crippen molar-refractivity contribution in [2.24, 2.45) is 0 Å². The fourth-order valence-corrected chi connectivity index (χ4v) is 3.24. The van der Waals surface area contributed by atoms with Gasteiger partial charge in [0.15, 0.2) is 0 Å². The number of aliphatic carboxylic acids is 1. The number of benzene rings is 1. The Balaban J connectivity index is 1.65. The van der Waals surface area contributed by atoms with Crippen LogP contribution < -0.4 is 4.90 Å². The third-order valence-electron chi connectivity index (χ3n) is 4.57. The molecule has 1 aliphatic heterocycles. The standard InChI is InChI=1S/C18H17N3O3/c22-16(23)9-12-10-21(15-4-2-1-3-13(12)15)18(24)14-7-8-19-17(20-14)11-5-6-11/h1-4,7-8,11-12H,5-6,9-10H2,(H,22,23). The third-order valence-corrected chi connectivity index (χ3v) is 4.57. The monoisotopic (exact) mass is 323 g/mol. The predicted octanol–water partition coefficient (Wildman–Crippen LogP) is 2.57. The Morgan fingerprint density at radius 3 is 2.75 bits per heavy atom. The van der Waals surface area contributed by atoms with Crippen molar-refractivity contribution in [3.63, 3.8) is 0 Å². The van der Waals surface area contributed by atoms with Crippen LogP contribution in [0.2, 0.25) is 0 Å². The van der Waals surface area contributed by atoms with Gasteiger partial charge in [-0.15, -0.1) is 0 Å². The number of para-hydroxylation sites is 1. The first kappa shape index (κ1) is 14.8. The van der Waals surface area contributed by atoms with Crippen LogP contribution in [0.4, 0.5) is 5.69 Å². The molecule has 122 valence electrons. The molecule has 0 saturated heterocycles. The molecule has 1 aromatic carbocycles. The van der Waals surface area contributed by atoms with Gasteiger partial charge in [-0.2, -0.15) is 0 Å². The SMILES string of the molecule is O=C(O)CC1CN(C(=O)c2ccnc(C3CC3)n2)c2ccccc21. The van der Waals surface area contributed by atoms with Gasteiger partial charge < -0.3 is 10.0 Å². The van der Waals surface area contributed by atoms with Crippen LogP contribution in [0, 0.1) is 0 Å². The molecule has 1 aliphatic carbocycles. The quantitative estimate of drug-likeness (QED) is 0.935. The van der Waals surface area contributed by atoms with E-state index >= 15 is 0 Å². The highest BCUT2D eigenvalue weighted by atomic mass is 16.4. The first-order chi connectivity index (χ1) is 11.6. The second-order valence-electron chi connectivity index (χ2n) is 6.34. The summed E-state index contributed by atoms with van der Waals surface area (Å²) in [5.74, 6) is -0.132. The van der Waals surface area contributed by atoms with Gasteiger partial charge in [0.25, 0.3) is 5.91 Å². The van der Waals surface area contributed by atoms with E-state index in [0.717, 1.165) is 29.9 Å². The summed E-state index contributed by atoms with van der Waals surface area (Å²) in [4.78, 5) is 34.3. The largest absolute Gasteiger partial charge is 0.481 e. The summed E-state index contributed by atoms with van der Waals surface area (Å²) in [6.07, 6.45) is 3.79. The van der Waals surface area contributed by atoms with Gasteiger partial charge in [-0.25, -0.2) is 9.97 Å². The van der Waals surface area contributed by atoms with Crippen LogP contribution in [-0.4, -0.2) is 33.5 Å². The number of hydrogen-bond acceptors (Lipinski definition) is 4. The minimum absolute atomic E-state index is 0.0118. The lowest BCUT2D eigenvalue weighted by Gasteiger charge is -2.17. The molecule has 0 bridgehead atoms. The molecule has 6 heteroatoms. The topological polar surface area (TPSA) is 83.4 Å². The molecule has 1 unspecified atom stereocenters. The van der Waals surface area contributed by atoms with Gasteiger partial charge in [-0.3, -0.25) is 9.59 Å². The second-order valence-corrected chi connectivity index (χ2v) is 6.34. The van der Waals surface area contributed by atoms with Crippen LogP contribution in [0.5, 0.6) is 0 Å². The molecule has 0 radical (unpaired) electrons. The van der Waals surface area contributed by atoms with Gasteiger partial charge in [-0.05, 0) is 30.5 Å². The maximum atomic E-state index is 12.9. The lowest BCUT2D eigenvalue weighted by atomic mass is 9.98. The molecule has 2 aromatic rings. The summed E-state index contributed by atoms with van der Waals surface area (Å²) < 4.78 is 0. The van der Waals surface area contributed by atoms with Crippen molar-refractivity contribution < 1.29 is 14.7 Å². The summed E-state index contributed by atoms with van der Waals surface area (Å²) in [6.45, 7) is 0.368. The molecule has 1 N–H and O–H groups in total. The molecule has 2 aliphatic rings. The van der Waals surface area contributed by atoms with Crippen molar-refractivity contribution in [3.8, 4) is 0 Å². The van der Waals surface area contributed by atoms with Crippen molar-refractivity contribution in [1.82, 2.24) is 9.97 Å². The molecule has 1 amide bonds. The molecule has 2 heterocycles. The van der Waals surface area contributed by atoms with Crippen LogP contribution in [0.25, 0.3) is 0 Å². The van der Waals surface area contributed by atoms with Crippen LogP contribution in [-0.2, 0) is 4.79 Å². The summed E-state index contributed by atoms with van der Waals surface area (Å²) in [5, 5.41) is 9.12. The Morgan fingerprint density at radius 1 is 1.21 bits per heavy atom. The maximum Gasteiger partial charge on any atom is 0.304 e. The number of rotatable bonds is 4. The molecular formula is C18H17N3O3. The highest BCUT2D eigenvalue weighted by Gasteiger charge is 2.35. The van der Waals surface area contributed by atoms with Crippen LogP contribution in [0.3, 0.4) is 0 Å². The molecule has 4 rings (SSSR count). The normalized spacial score (nSPS) is 19.2. The van der Waals surface area contributed by atoms with E-state index in [1.165, 1.54) is 0 Å². The van der Waals surface area contributed by atoms with Gasteiger partial charge in [0.2, 0.25) is 0 Å². The summed E-state index contributed by atoms with van der Waals surface area (Å²) in [7, 11) is 0. The van der Waals surface area contributed by atoms with Crippen LogP contribution in [0.15, 0.2) is 36.5 Å². The highest BCUT2D eigenvalue weighted by Crippen LogP contribution is 2.40. The molecule has 1 fully saturated rings. The van der Waals surface area contributed by atoms with Gasteiger partial charge in [0, 0.05) is 30.3 Å². The average molecular weight is 323 g/mol. The maximum absolute atomic E-state index is 12.9. The van der Waals surface area contributed by atoms with E-state index in [-0.39, 0.29) is 18.2 Å². The Hall–Kier alpha value is -2.76. The highest BCUT2D eigenvalue weighted by molar-refractivity contribution is 6.06. The Labute approximate surface area is 139 Å². The Bertz CT molecular complexity index is 817. The number of amides is 1. The Morgan fingerprint density at radius 2 is 2.00 bits per heavy atom. The smallest absolute Gasteiger partial charge is 0.304 e. The predicted molar refractivity (Wildman–Crippen MR) is 87.1 cm³/mol. The van der Waals surface area contributed by atoms with E-state index in [1.807, 2.05) is 24.3 Å². The molecule has 1 atom stereocenters. The number of anilines is 1. The first-order valence-corrected chi connectivity index (χ1v) is 8.09. The molecule has 6 nitrogen and oxygen atoms in total. The van der Waals surface area contributed by atoms with Gasteiger partial charge >= 0.3 is 5.97 Å². The number of carbonyl (C=O) groups is 2. The van der Waals surface area contributed by atoms with E-state index in [1.54, 1.807) is 17.2 Å². The van der Waals surface area contributed by atoms with Gasteiger partial charge in [0.1, 0.15) is 11.5 Å². The van der Waals surface area contributed by atoms with Gasteiger partial charge in [0.05, 0.1) is 6.42 Å². The fourth-order valence-electron chi connectivity index (χ4n) is 3.24. The van der Waals surface area contributed by atoms with Crippen LogP contribution >= 0.6 is 0 Å². The van der Waals surface area contributed by atoms with E-state index in [4.69, 9.17) is 5.11 Å². The lowest BCUT2D eigenvalue weighted by Crippen LogP contribution is -2.31. The van der Waals surface area contributed by atoms with Crippen molar-refractivity contribution in [2.75, 3.05) is 11.4 Å². The zero-order valence-corrected chi connectivity index (χ0v) is 13.1. The molecular weight excluding hydrogens is 306 g/mol. The van der Waals surface area contributed by atoms with Crippen molar-refractivity contribution >= 4 is 17.6 Å². The van der Waals surface area contributed by atoms with Crippen molar-refractivity contribution in [1.29, 1.82) is 0 Å². The number of carboxylic acids is 1. The summed E-state index contributed by atoms with van der Waals surface area (Å²) in [5.41, 5.74) is 2.06. The minimum atomic E-state index is -0.859. The van der Waals surface area contributed by atoms with Crippen LogP contribution in [0.1, 0.15) is 53.0 Å². The zero-order chi connectivity index (χ0) is 16.7. The zero-order valence-electron chi connectivity index (χ0n) is 13.1. The second kappa shape index (κ2) is 5.70. The Kier molecular flexibility index (Phi) is 3.52. The average Bonchev–Trinajstić information content (AvgIpc) is 3.38. The molecule has 1 saturated carbocycles. The summed E-state index contributed by atoms with van der Waals surface area (Å²) >= 11 is 0. The lowest BCUT2D eigenvalue weighted by molar-refractivity contribution is -0.137. The summed E-state index contributed by atoms with van der Waals surface area (Å²) in [6, 6.07) is 9.11. The molecule has 1 aromatic heterocycles. The van der Waals surface area contributed by atoms with E-state index in [0.29, 0.717) is 18.2 Å². The number of carboxylic acid groups (broad SMARTS) is 1. The van der Waals surface area contributed by atoms with Crippen molar-refractivity contribution in [3.05, 3.63) is 53.6 Å². The van der Waals surface area contributed by atoms with E-state index in [2.05, 4.69) is 9.97 Å². The van der Waals surface area contributed by atoms with Crippen molar-refractivity contribution in [2.45, 2.75) is 31.1 Å². The molecule has 0 spiro atoms. The molecule has 24 heavy (non-hydrogen) atoms. The van der Waals surface area contributed by atoms with Gasteiger partial charge in [-0.1, -0.05) is 18.2 Å². The fraction of sp³-hybridized carbons (Fsp3) is 0.333. The number of carbonyl (C=O) groups excluding carboxylic acids is 1. The van der Waals surface area contributed by atoms with E-state index in [9.17, 15) is 9.59 Å². The third kappa shape index (κ3) is 2.64. The van der Waals surface area contributed by atoms with E-state index < -0.39 is 5.97 Å².